The SMILES string of the molecule is CN=C(NCCc1c[nH]c2ccccc12)NCCc1nnc2n1CCCCC2. The molecule has 0 unspecified atom stereocenters. The minimum absolute atomic E-state index is 0.797. The first-order valence-electron chi connectivity index (χ1n) is 10.3. The highest BCUT2D eigenvalue weighted by Gasteiger charge is 2.14. The molecule has 0 amide bonds. The summed E-state index contributed by atoms with van der Waals surface area (Å²) in [4.78, 5) is 7.66. The molecular formula is C21H29N7. The molecular weight excluding hydrogens is 350 g/mol. The maximum Gasteiger partial charge on any atom is 0.191 e. The maximum absolute atomic E-state index is 4.40. The molecule has 0 spiro atoms. The lowest BCUT2D eigenvalue weighted by atomic mass is 10.1. The molecule has 1 aromatic carbocycles. The van der Waals surface area contributed by atoms with Crippen molar-refractivity contribution in [1.82, 2.24) is 30.4 Å². The summed E-state index contributed by atoms with van der Waals surface area (Å²) < 4.78 is 2.31. The van der Waals surface area contributed by atoms with E-state index in [1.54, 1.807) is 0 Å². The van der Waals surface area contributed by atoms with Crippen LogP contribution >= 0.6 is 0 Å². The Morgan fingerprint density at radius 1 is 1.11 bits per heavy atom. The first kappa shape index (κ1) is 18.5. The van der Waals surface area contributed by atoms with Crippen molar-refractivity contribution in [3.05, 3.63) is 47.7 Å². The quantitative estimate of drug-likeness (QED) is 0.454. The van der Waals surface area contributed by atoms with E-state index in [2.05, 4.69) is 65.8 Å². The van der Waals surface area contributed by atoms with Crippen LogP contribution in [0.25, 0.3) is 10.9 Å². The van der Waals surface area contributed by atoms with Crippen LogP contribution in [0.4, 0.5) is 0 Å². The number of benzene rings is 1. The minimum Gasteiger partial charge on any atom is -0.361 e. The largest absolute Gasteiger partial charge is 0.361 e. The normalized spacial score (nSPS) is 14.7. The van der Waals surface area contributed by atoms with E-state index in [4.69, 9.17) is 0 Å². The van der Waals surface area contributed by atoms with Crippen molar-refractivity contribution in [2.75, 3.05) is 20.1 Å². The van der Waals surface area contributed by atoms with Crippen LogP contribution in [0.5, 0.6) is 0 Å². The van der Waals surface area contributed by atoms with E-state index in [-0.39, 0.29) is 0 Å². The lowest BCUT2D eigenvalue weighted by Crippen LogP contribution is -2.39. The van der Waals surface area contributed by atoms with Gasteiger partial charge < -0.3 is 20.2 Å². The van der Waals surface area contributed by atoms with Gasteiger partial charge in [0.25, 0.3) is 0 Å². The van der Waals surface area contributed by atoms with Gasteiger partial charge in [0.2, 0.25) is 0 Å². The van der Waals surface area contributed by atoms with Gasteiger partial charge >= 0.3 is 0 Å². The van der Waals surface area contributed by atoms with Gasteiger partial charge in [0.05, 0.1) is 0 Å². The first-order chi connectivity index (χ1) is 13.8. The Bertz CT molecular complexity index is 937. The van der Waals surface area contributed by atoms with Gasteiger partial charge in [0.15, 0.2) is 5.96 Å². The fourth-order valence-corrected chi connectivity index (χ4v) is 3.90. The molecule has 28 heavy (non-hydrogen) atoms. The third kappa shape index (κ3) is 4.18. The number of para-hydroxylation sites is 1. The number of H-pyrrole nitrogens is 1. The minimum atomic E-state index is 0.797. The molecule has 1 aliphatic rings. The Kier molecular flexibility index (Phi) is 5.89. The highest BCUT2D eigenvalue weighted by atomic mass is 15.3. The summed E-state index contributed by atoms with van der Waals surface area (Å²) in [5.41, 5.74) is 2.51. The molecule has 4 rings (SSSR count). The molecule has 3 N–H and O–H groups in total. The number of aliphatic imine (C=N–C) groups is 1. The van der Waals surface area contributed by atoms with Crippen LogP contribution in [-0.4, -0.2) is 45.8 Å². The molecule has 148 valence electrons. The summed E-state index contributed by atoms with van der Waals surface area (Å²) >= 11 is 0. The lowest BCUT2D eigenvalue weighted by Gasteiger charge is -2.12. The van der Waals surface area contributed by atoms with E-state index in [9.17, 15) is 0 Å². The van der Waals surface area contributed by atoms with Crippen LogP contribution in [0.15, 0.2) is 35.5 Å². The second-order valence-corrected chi connectivity index (χ2v) is 7.28. The van der Waals surface area contributed by atoms with E-state index in [0.29, 0.717) is 0 Å². The molecule has 0 aliphatic carbocycles. The van der Waals surface area contributed by atoms with Crippen molar-refractivity contribution in [2.24, 2.45) is 4.99 Å². The number of nitrogens with one attached hydrogen (secondary N) is 3. The smallest absolute Gasteiger partial charge is 0.191 e. The van der Waals surface area contributed by atoms with Gasteiger partial charge in [-0.15, -0.1) is 10.2 Å². The molecule has 2 aromatic heterocycles. The summed E-state index contributed by atoms with van der Waals surface area (Å²) in [7, 11) is 1.81. The zero-order valence-corrected chi connectivity index (χ0v) is 16.5. The number of aryl methyl sites for hydroxylation is 1. The Labute approximate surface area is 165 Å². The molecule has 7 nitrogen and oxygen atoms in total. The van der Waals surface area contributed by atoms with Gasteiger partial charge in [-0.05, 0) is 30.9 Å². The van der Waals surface area contributed by atoms with E-state index in [1.165, 1.54) is 35.7 Å². The van der Waals surface area contributed by atoms with Crippen molar-refractivity contribution >= 4 is 16.9 Å². The molecule has 0 atom stereocenters. The van der Waals surface area contributed by atoms with E-state index < -0.39 is 0 Å². The molecule has 0 saturated carbocycles. The Balaban J connectivity index is 1.25. The number of guanidine groups is 1. The molecule has 3 aromatic rings. The zero-order chi connectivity index (χ0) is 19.2. The van der Waals surface area contributed by atoms with Crippen LogP contribution in [0, 0.1) is 0 Å². The van der Waals surface area contributed by atoms with Crippen molar-refractivity contribution in [1.29, 1.82) is 0 Å². The maximum atomic E-state index is 4.40. The molecule has 3 heterocycles. The summed E-state index contributed by atoms with van der Waals surface area (Å²) in [5, 5.41) is 16.9. The molecule has 1 aliphatic heterocycles. The van der Waals surface area contributed by atoms with E-state index in [0.717, 1.165) is 56.5 Å². The van der Waals surface area contributed by atoms with Gasteiger partial charge in [-0.3, -0.25) is 4.99 Å². The van der Waals surface area contributed by atoms with E-state index in [1.807, 2.05) is 7.05 Å². The average molecular weight is 380 g/mol. The third-order valence-electron chi connectivity index (χ3n) is 5.41. The average Bonchev–Trinajstić information content (AvgIpc) is 3.23. The van der Waals surface area contributed by atoms with Crippen molar-refractivity contribution in [3.8, 4) is 0 Å². The van der Waals surface area contributed by atoms with Crippen molar-refractivity contribution in [2.45, 2.75) is 45.1 Å². The van der Waals surface area contributed by atoms with Crippen LogP contribution in [0.3, 0.4) is 0 Å². The Hall–Kier alpha value is -2.83. The van der Waals surface area contributed by atoms with E-state index >= 15 is 0 Å². The number of hydrogen-bond acceptors (Lipinski definition) is 3. The summed E-state index contributed by atoms with van der Waals surface area (Å²) in [6.07, 6.45) is 8.69. The van der Waals surface area contributed by atoms with Gasteiger partial charge in [-0.1, -0.05) is 24.6 Å². The highest BCUT2D eigenvalue weighted by molar-refractivity contribution is 5.83. The monoisotopic (exact) mass is 379 g/mol. The van der Waals surface area contributed by atoms with Crippen LogP contribution < -0.4 is 10.6 Å². The topological polar surface area (TPSA) is 82.9 Å². The standard InChI is InChI=1S/C21H29N7/c1-22-21(23-12-10-16-15-25-18-8-5-4-7-17(16)18)24-13-11-20-27-26-19-9-3-2-6-14-28(19)20/h4-5,7-8,15,25H,2-3,6,9-14H2,1H3,(H2,22,23,24). The number of aromatic nitrogens is 4. The van der Waals surface area contributed by atoms with Crippen LogP contribution in [0.1, 0.15) is 36.5 Å². The van der Waals surface area contributed by atoms with Crippen LogP contribution in [0.2, 0.25) is 0 Å². The molecule has 0 radical (unpaired) electrons. The number of nitrogens with zero attached hydrogens (tertiary/aromatic N) is 4. The molecule has 7 heteroatoms. The number of hydrogen-bond donors (Lipinski definition) is 3. The molecule has 0 saturated heterocycles. The summed E-state index contributed by atoms with van der Waals surface area (Å²) in [6, 6.07) is 8.41. The number of rotatable bonds is 6. The fraction of sp³-hybridized carbons (Fsp3) is 0.476. The van der Waals surface area contributed by atoms with Gasteiger partial charge in [-0.25, -0.2) is 0 Å². The summed E-state index contributed by atoms with van der Waals surface area (Å²) in [6.45, 7) is 2.68. The lowest BCUT2D eigenvalue weighted by molar-refractivity contribution is 0.600. The zero-order valence-electron chi connectivity index (χ0n) is 16.5. The fourth-order valence-electron chi connectivity index (χ4n) is 3.90. The van der Waals surface area contributed by atoms with Gasteiger partial charge in [0.1, 0.15) is 11.6 Å². The highest BCUT2D eigenvalue weighted by Crippen LogP contribution is 2.17. The molecule has 0 bridgehead atoms. The van der Waals surface area contributed by atoms with Crippen LogP contribution in [-0.2, 0) is 25.8 Å². The second-order valence-electron chi connectivity index (χ2n) is 7.28. The Morgan fingerprint density at radius 2 is 1.96 bits per heavy atom. The van der Waals surface area contributed by atoms with Gasteiger partial charge in [0, 0.05) is 56.6 Å². The predicted molar refractivity (Wildman–Crippen MR) is 113 cm³/mol. The van der Waals surface area contributed by atoms with Crippen molar-refractivity contribution < 1.29 is 0 Å². The number of fused-ring (bicyclic) bond motifs is 2. The van der Waals surface area contributed by atoms with Gasteiger partial charge in [-0.2, -0.15) is 0 Å². The Morgan fingerprint density at radius 3 is 2.86 bits per heavy atom. The predicted octanol–water partition coefficient (Wildman–Crippen LogP) is 2.44. The third-order valence-corrected chi connectivity index (χ3v) is 5.41. The van der Waals surface area contributed by atoms with Crippen molar-refractivity contribution in [3.63, 3.8) is 0 Å². The molecule has 0 fully saturated rings. The summed E-state index contributed by atoms with van der Waals surface area (Å²) in [5.74, 6) is 3.06. The first-order valence-corrected chi connectivity index (χ1v) is 10.3. The number of aromatic amines is 1. The second kappa shape index (κ2) is 8.91.